The zero-order valence-corrected chi connectivity index (χ0v) is 58.3. The van der Waals surface area contributed by atoms with Crippen LogP contribution >= 0.6 is 0 Å². The Bertz CT molecular complexity index is 6340. The molecule has 0 aliphatic carbocycles. The molecule has 106 heavy (non-hydrogen) atoms. The molecule has 0 saturated heterocycles. The molecule has 0 radical (unpaired) electrons. The molecular formula is C104H70N2. The van der Waals surface area contributed by atoms with E-state index in [0.29, 0.717) is 0 Å². The third kappa shape index (κ3) is 11.7. The fraction of sp³-hybridized carbons (Fsp3) is 0. The molecule has 0 fully saturated rings. The van der Waals surface area contributed by atoms with Gasteiger partial charge < -0.3 is 9.80 Å². The summed E-state index contributed by atoms with van der Waals surface area (Å²) in [5.74, 6) is 0. The van der Waals surface area contributed by atoms with Crippen molar-refractivity contribution in [2.75, 3.05) is 9.80 Å². The maximum atomic E-state index is 2.40. The third-order valence-corrected chi connectivity index (χ3v) is 21.3. The molecule has 0 heterocycles. The summed E-state index contributed by atoms with van der Waals surface area (Å²) in [6, 6.07) is 154. The van der Waals surface area contributed by atoms with Crippen LogP contribution in [-0.4, -0.2) is 0 Å². The van der Waals surface area contributed by atoms with Crippen molar-refractivity contribution in [2.45, 2.75) is 0 Å². The van der Waals surface area contributed by atoms with E-state index in [1.807, 2.05) is 0 Å². The molecule has 0 N–H and O–H groups in total. The van der Waals surface area contributed by atoms with Crippen LogP contribution < -0.4 is 9.80 Å². The molecule has 20 aromatic carbocycles. The predicted octanol–water partition coefficient (Wildman–Crippen LogP) is 29.5. The highest BCUT2D eigenvalue weighted by Gasteiger charge is 2.21. The van der Waals surface area contributed by atoms with Crippen molar-refractivity contribution in [3.05, 3.63) is 425 Å². The van der Waals surface area contributed by atoms with E-state index >= 15 is 0 Å². The Morgan fingerprint density at radius 1 is 0.123 bits per heavy atom. The van der Waals surface area contributed by atoms with Gasteiger partial charge in [0.1, 0.15) is 0 Å². The number of hydrogen-bond acceptors (Lipinski definition) is 2. The van der Waals surface area contributed by atoms with Gasteiger partial charge in [0.05, 0.1) is 5.69 Å². The smallest absolute Gasteiger partial charge is 0.0540 e. The molecule has 20 rings (SSSR count). The zero-order valence-electron chi connectivity index (χ0n) is 58.3. The van der Waals surface area contributed by atoms with Crippen LogP contribution in [0.15, 0.2) is 425 Å². The quantitative estimate of drug-likeness (QED) is 0.113. The van der Waals surface area contributed by atoms with Crippen molar-refractivity contribution < 1.29 is 0 Å². The standard InChI is InChI=1S/2C52H35N/c1-2-14-36(15-3-1)45-20-12-13-25-52(45)53(41-30-26-37(27-31-41)50-34-39-16-4-6-18-43(39)46-21-8-10-23-48(46)50)42-32-28-38(29-33-42)51-35-40-17-5-7-19-44(40)47-22-9-11-24-49(47)51;1-2-13-36(14-3-1)39-17-12-18-44(33-39)53(42-29-25-37(26-30-42)51-34-40-15-4-6-19-45(40)47-21-8-10-23-49(47)51)43-31-27-38(28-32-43)52-35-41-16-5-7-20-46(41)48-22-9-11-24-50(48)52/h2*1-35H. The molecule has 0 bridgehead atoms. The first-order valence-corrected chi connectivity index (χ1v) is 36.5. The summed E-state index contributed by atoms with van der Waals surface area (Å²) in [6.07, 6.45) is 0. The lowest BCUT2D eigenvalue weighted by Gasteiger charge is -2.28. The molecule has 0 unspecified atom stereocenters. The SMILES string of the molecule is c1ccc(-c2cccc(N(c3ccc(-c4cc5ccccc5c5ccccc45)cc3)c3ccc(-c4cc5ccccc5c5ccccc45)cc3)c2)cc1.c1ccc(-c2ccccc2N(c2ccc(-c3cc4ccccc4c4ccccc34)cc2)c2ccc(-c3cc4ccccc4c4ccccc34)cc2)cc1. The Morgan fingerprint density at radius 3 is 0.726 bits per heavy atom. The fourth-order valence-corrected chi connectivity index (χ4v) is 16.2. The van der Waals surface area contributed by atoms with Crippen LogP contribution in [0.25, 0.3) is 153 Å². The number of fused-ring (bicyclic) bond motifs is 12. The van der Waals surface area contributed by atoms with Gasteiger partial charge in [-0.25, -0.2) is 0 Å². The first-order valence-electron chi connectivity index (χ1n) is 36.5. The molecule has 0 spiro atoms. The molecule has 0 aliphatic rings. The Kier molecular flexibility index (Phi) is 16.3. The number of para-hydroxylation sites is 1. The fourth-order valence-electron chi connectivity index (χ4n) is 16.2. The van der Waals surface area contributed by atoms with Crippen LogP contribution in [0.3, 0.4) is 0 Å². The molecule has 2 nitrogen and oxygen atoms in total. The minimum absolute atomic E-state index is 1.10. The molecule has 0 atom stereocenters. The Morgan fingerprint density at radius 2 is 0.377 bits per heavy atom. The topological polar surface area (TPSA) is 6.48 Å². The molecule has 496 valence electrons. The lowest BCUT2D eigenvalue weighted by Crippen LogP contribution is -2.11. The van der Waals surface area contributed by atoms with Crippen molar-refractivity contribution in [3.8, 4) is 66.8 Å². The average molecular weight is 1350 g/mol. The lowest BCUT2D eigenvalue weighted by molar-refractivity contribution is 1.28. The van der Waals surface area contributed by atoms with Gasteiger partial charge in [0.15, 0.2) is 0 Å². The van der Waals surface area contributed by atoms with Gasteiger partial charge >= 0.3 is 0 Å². The van der Waals surface area contributed by atoms with Gasteiger partial charge in [0.2, 0.25) is 0 Å². The molecular weight excluding hydrogens is 1280 g/mol. The van der Waals surface area contributed by atoms with Crippen molar-refractivity contribution >= 4 is 120 Å². The molecule has 2 heteroatoms. The van der Waals surface area contributed by atoms with E-state index in [0.717, 1.165) is 34.1 Å². The largest absolute Gasteiger partial charge is 0.310 e. The average Bonchev–Trinajstić information content (AvgIpc) is 0.777. The molecule has 0 aromatic heterocycles. The van der Waals surface area contributed by atoms with Gasteiger partial charge in [-0.05, 0) is 238 Å². The molecule has 0 aliphatic heterocycles. The van der Waals surface area contributed by atoms with Crippen molar-refractivity contribution in [2.24, 2.45) is 0 Å². The first-order chi connectivity index (χ1) is 52.6. The van der Waals surface area contributed by atoms with Crippen LogP contribution in [0.4, 0.5) is 34.1 Å². The highest BCUT2D eigenvalue weighted by Crippen LogP contribution is 2.46. The summed E-state index contributed by atoms with van der Waals surface area (Å²) < 4.78 is 0. The minimum atomic E-state index is 1.10. The summed E-state index contributed by atoms with van der Waals surface area (Å²) in [6.45, 7) is 0. The van der Waals surface area contributed by atoms with Gasteiger partial charge in [-0.1, -0.05) is 334 Å². The first kappa shape index (κ1) is 63.0. The highest BCUT2D eigenvalue weighted by molar-refractivity contribution is 6.17. The van der Waals surface area contributed by atoms with Gasteiger partial charge in [0.25, 0.3) is 0 Å². The third-order valence-electron chi connectivity index (χ3n) is 21.3. The molecule has 20 aromatic rings. The lowest BCUT2D eigenvalue weighted by atomic mass is 9.93. The Labute approximate surface area is 617 Å². The van der Waals surface area contributed by atoms with Gasteiger partial charge in [-0.15, -0.1) is 0 Å². The number of hydrogen-bond donors (Lipinski definition) is 0. The Hall–Kier alpha value is -13.9. The molecule has 0 saturated carbocycles. The second kappa shape index (κ2) is 27.5. The monoisotopic (exact) mass is 1350 g/mol. The summed E-state index contributed by atoms with van der Waals surface area (Å²) in [5.41, 5.74) is 21.2. The van der Waals surface area contributed by atoms with E-state index in [-0.39, 0.29) is 0 Å². The predicted molar refractivity (Wildman–Crippen MR) is 455 cm³/mol. The van der Waals surface area contributed by atoms with E-state index < -0.39 is 0 Å². The number of nitrogens with zero attached hydrogens (tertiary/aromatic N) is 2. The van der Waals surface area contributed by atoms with Crippen LogP contribution in [0.2, 0.25) is 0 Å². The maximum Gasteiger partial charge on any atom is 0.0540 e. The van der Waals surface area contributed by atoms with Crippen LogP contribution in [-0.2, 0) is 0 Å². The summed E-state index contributed by atoms with van der Waals surface area (Å²) >= 11 is 0. The maximum absolute atomic E-state index is 2.40. The summed E-state index contributed by atoms with van der Waals surface area (Å²) in [5, 5.41) is 20.3. The van der Waals surface area contributed by atoms with Gasteiger partial charge in [0, 0.05) is 34.0 Å². The minimum Gasteiger partial charge on any atom is -0.310 e. The van der Waals surface area contributed by atoms with Gasteiger partial charge in [-0.2, -0.15) is 0 Å². The van der Waals surface area contributed by atoms with Crippen LogP contribution in [0.5, 0.6) is 0 Å². The van der Waals surface area contributed by atoms with E-state index in [9.17, 15) is 0 Å². The second-order valence-electron chi connectivity index (χ2n) is 27.4. The summed E-state index contributed by atoms with van der Waals surface area (Å²) in [4.78, 5) is 4.77. The van der Waals surface area contributed by atoms with Gasteiger partial charge in [-0.3, -0.25) is 0 Å². The van der Waals surface area contributed by atoms with Crippen molar-refractivity contribution in [1.29, 1.82) is 0 Å². The summed E-state index contributed by atoms with van der Waals surface area (Å²) in [7, 11) is 0. The second-order valence-corrected chi connectivity index (χ2v) is 27.4. The van der Waals surface area contributed by atoms with Crippen LogP contribution in [0, 0.1) is 0 Å². The van der Waals surface area contributed by atoms with Crippen LogP contribution in [0.1, 0.15) is 0 Å². The van der Waals surface area contributed by atoms with E-state index in [1.165, 1.54) is 153 Å². The van der Waals surface area contributed by atoms with E-state index in [2.05, 4.69) is 434 Å². The van der Waals surface area contributed by atoms with Crippen molar-refractivity contribution in [3.63, 3.8) is 0 Å². The highest BCUT2D eigenvalue weighted by atomic mass is 15.1. The zero-order chi connectivity index (χ0) is 70.3. The normalized spacial score (nSPS) is 11.4. The van der Waals surface area contributed by atoms with Crippen molar-refractivity contribution in [1.82, 2.24) is 0 Å². The number of anilines is 6. The molecule has 0 amide bonds. The van der Waals surface area contributed by atoms with E-state index in [1.54, 1.807) is 0 Å². The van der Waals surface area contributed by atoms with E-state index in [4.69, 9.17) is 0 Å². The Balaban J connectivity index is 0.000000145. The number of benzene rings is 20. The number of rotatable bonds is 12.